The van der Waals surface area contributed by atoms with Gasteiger partial charge < -0.3 is 10.6 Å². The molecule has 0 bridgehead atoms. The summed E-state index contributed by atoms with van der Waals surface area (Å²) in [5.74, 6) is -1.00. The highest BCUT2D eigenvalue weighted by molar-refractivity contribution is 5.85. The number of piperidine rings is 1. The molecule has 1 saturated heterocycles. The van der Waals surface area contributed by atoms with Crippen LogP contribution in [-0.2, 0) is 6.54 Å². The molecule has 2 nitrogen and oxygen atoms in total. The summed E-state index contributed by atoms with van der Waals surface area (Å²) in [6, 6.07) is 4.10. The van der Waals surface area contributed by atoms with Crippen LogP contribution in [0.5, 0.6) is 0 Å². The van der Waals surface area contributed by atoms with Crippen molar-refractivity contribution in [1.29, 1.82) is 0 Å². The second-order valence-electron chi connectivity index (χ2n) is 4.16. The van der Waals surface area contributed by atoms with Crippen LogP contribution in [0.2, 0.25) is 0 Å². The Hall–Kier alpha value is -0.710. The second-order valence-corrected chi connectivity index (χ2v) is 4.16. The first-order valence-electron chi connectivity index (χ1n) is 5.64. The van der Waals surface area contributed by atoms with Gasteiger partial charge in [0, 0.05) is 30.8 Å². The molecule has 2 rings (SSSR count). The minimum absolute atomic E-state index is 0. The third-order valence-electron chi connectivity index (χ3n) is 2.89. The van der Waals surface area contributed by atoms with Gasteiger partial charge >= 0.3 is 0 Å². The van der Waals surface area contributed by atoms with Crippen LogP contribution in [0.3, 0.4) is 0 Å². The van der Waals surface area contributed by atoms with E-state index in [0.29, 0.717) is 18.2 Å². The summed E-state index contributed by atoms with van der Waals surface area (Å²) in [6.07, 6.45) is 2.25. The number of nitrogens with one attached hydrogen (secondary N) is 2. The van der Waals surface area contributed by atoms with Gasteiger partial charge in [0.2, 0.25) is 0 Å². The lowest BCUT2D eigenvalue weighted by molar-refractivity contribution is 0.386. The van der Waals surface area contributed by atoms with E-state index in [9.17, 15) is 8.78 Å². The van der Waals surface area contributed by atoms with Gasteiger partial charge in [-0.1, -0.05) is 6.07 Å². The highest BCUT2D eigenvalue weighted by Crippen LogP contribution is 2.10. The van der Waals surface area contributed by atoms with E-state index in [1.54, 1.807) is 0 Å². The molecule has 1 aromatic carbocycles. The third kappa shape index (κ3) is 4.22. The maximum Gasteiger partial charge on any atom is 0.130 e. The van der Waals surface area contributed by atoms with Crippen LogP contribution in [0, 0.1) is 11.6 Å². The third-order valence-corrected chi connectivity index (χ3v) is 2.89. The first-order valence-corrected chi connectivity index (χ1v) is 5.64. The second kappa shape index (κ2) is 6.89. The summed E-state index contributed by atoms with van der Waals surface area (Å²) in [6.45, 7) is 2.43. The zero-order valence-electron chi connectivity index (χ0n) is 9.51. The van der Waals surface area contributed by atoms with Crippen LogP contribution in [0.25, 0.3) is 0 Å². The van der Waals surface area contributed by atoms with Gasteiger partial charge in [0.25, 0.3) is 0 Å². The molecule has 0 saturated carbocycles. The molecule has 1 heterocycles. The van der Waals surface area contributed by atoms with Crippen LogP contribution in [0.4, 0.5) is 8.78 Å². The minimum Gasteiger partial charge on any atom is -0.315 e. The molecule has 0 spiro atoms. The fourth-order valence-corrected chi connectivity index (χ4v) is 1.95. The molecule has 96 valence electrons. The predicted octanol–water partition coefficient (Wildman–Crippen LogP) is 2.23. The molecular weight excluding hydrogens is 246 g/mol. The fraction of sp³-hybridized carbons (Fsp3) is 0.500. The molecule has 1 aromatic rings. The maximum absolute atomic E-state index is 13.3. The van der Waals surface area contributed by atoms with Crippen molar-refractivity contribution in [3.8, 4) is 0 Å². The van der Waals surface area contributed by atoms with E-state index in [-0.39, 0.29) is 12.4 Å². The number of hydrogen-bond donors (Lipinski definition) is 2. The first kappa shape index (κ1) is 14.4. The van der Waals surface area contributed by atoms with Crippen LogP contribution in [-0.4, -0.2) is 19.1 Å². The molecule has 0 aliphatic carbocycles. The Kier molecular flexibility index (Phi) is 5.82. The Balaban J connectivity index is 0.00000144. The van der Waals surface area contributed by atoms with Gasteiger partial charge in [0.15, 0.2) is 0 Å². The molecule has 2 N–H and O–H groups in total. The van der Waals surface area contributed by atoms with Crippen LogP contribution in [0.1, 0.15) is 18.4 Å². The lowest BCUT2D eigenvalue weighted by atomic mass is 10.1. The molecule has 1 unspecified atom stereocenters. The van der Waals surface area contributed by atoms with Crippen molar-refractivity contribution in [2.24, 2.45) is 0 Å². The van der Waals surface area contributed by atoms with Crippen LogP contribution in [0.15, 0.2) is 18.2 Å². The van der Waals surface area contributed by atoms with Gasteiger partial charge in [-0.05, 0) is 25.5 Å². The van der Waals surface area contributed by atoms with Gasteiger partial charge in [-0.25, -0.2) is 8.78 Å². The van der Waals surface area contributed by atoms with Crippen molar-refractivity contribution >= 4 is 12.4 Å². The standard InChI is InChI=1S/C12H16F2N2.ClH/c13-10-4-3-9(12(14)6-10)7-16-11-2-1-5-15-8-11;/h3-4,6,11,15-16H,1-2,5,7-8H2;1H. The van der Waals surface area contributed by atoms with Gasteiger partial charge in [-0.15, -0.1) is 12.4 Å². The van der Waals surface area contributed by atoms with Crippen LogP contribution >= 0.6 is 12.4 Å². The Morgan fingerprint density at radius 1 is 1.35 bits per heavy atom. The quantitative estimate of drug-likeness (QED) is 0.873. The maximum atomic E-state index is 13.3. The molecule has 5 heteroatoms. The summed E-state index contributed by atoms with van der Waals surface area (Å²) in [5.41, 5.74) is 0.520. The first-order chi connectivity index (χ1) is 7.75. The SMILES string of the molecule is Cl.Fc1ccc(CNC2CCCNC2)c(F)c1. The van der Waals surface area contributed by atoms with E-state index in [2.05, 4.69) is 10.6 Å². The highest BCUT2D eigenvalue weighted by Gasteiger charge is 2.12. The Morgan fingerprint density at radius 3 is 2.82 bits per heavy atom. The Labute approximate surface area is 106 Å². The molecular formula is C12H17ClF2N2. The summed E-state index contributed by atoms with van der Waals surface area (Å²) in [7, 11) is 0. The van der Waals surface area contributed by atoms with Crippen molar-refractivity contribution in [3.05, 3.63) is 35.4 Å². The molecule has 17 heavy (non-hydrogen) atoms. The summed E-state index contributed by atoms with van der Waals surface area (Å²) >= 11 is 0. The Bertz CT molecular complexity index is 354. The van der Waals surface area contributed by atoms with E-state index in [1.165, 1.54) is 12.1 Å². The lowest BCUT2D eigenvalue weighted by Crippen LogP contribution is -2.42. The number of hydrogen-bond acceptors (Lipinski definition) is 2. The van der Waals surface area contributed by atoms with Crippen molar-refractivity contribution in [3.63, 3.8) is 0 Å². The van der Waals surface area contributed by atoms with E-state index in [0.717, 1.165) is 32.0 Å². The van der Waals surface area contributed by atoms with E-state index < -0.39 is 11.6 Å². The van der Waals surface area contributed by atoms with Crippen molar-refractivity contribution < 1.29 is 8.78 Å². The monoisotopic (exact) mass is 262 g/mol. The predicted molar refractivity (Wildman–Crippen MR) is 66.3 cm³/mol. The average molecular weight is 263 g/mol. The number of benzene rings is 1. The highest BCUT2D eigenvalue weighted by atomic mass is 35.5. The topological polar surface area (TPSA) is 24.1 Å². The van der Waals surface area contributed by atoms with Crippen molar-refractivity contribution in [1.82, 2.24) is 10.6 Å². The molecule has 0 aromatic heterocycles. The largest absolute Gasteiger partial charge is 0.315 e. The molecule has 0 amide bonds. The molecule has 1 aliphatic rings. The van der Waals surface area contributed by atoms with E-state index >= 15 is 0 Å². The van der Waals surface area contributed by atoms with Crippen LogP contribution < -0.4 is 10.6 Å². The van der Waals surface area contributed by atoms with Gasteiger partial charge in [0.05, 0.1) is 0 Å². The molecule has 1 atom stereocenters. The number of halogens is 3. The molecule has 0 radical (unpaired) electrons. The zero-order chi connectivity index (χ0) is 11.4. The van der Waals surface area contributed by atoms with Crippen molar-refractivity contribution in [2.75, 3.05) is 13.1 Å². The minimum atomic E-state index is -0.527. The smallest absolute Gasteiger partial charge is 0.130 e. The molecule has 1 fully saturated rings. The normalized spacial score (nSPS) is 19.8. The van der Waals surface area contributed by atoms with E-state index in [1.807, 2.05) is 0 Å². The van der Waals surface area contributed by atoms with Gasteiger partial charge in [-0.3, -0.25) is 0 Å². The Morgan fingerprint density at radius 2 is 2.18 bits per heavy atom. The van der Waals surface area contributed by atoms with Crippen molar-refractivity contribution in [2.45, 2.75) is 25.4 Å². The van der Waals surface area contributed by atoms with Gasteiger partial charge in [0.1, 0.15) is 11.6 Å². The summed E-state index contributed by atoms with van der Waals surface area (Å²) < 4.78 is 26.0. The zero-order valence-corrected chi connectivity index (χ0v) is 10.3. The van der Waals surface area contributed by atoms with Gasteiger partial charge in [-0.2, -0.15) is 0 Å². The summed E-state index contributed by atoms with van der Waals surface area (Å²) in [4.78, 5) is 0. The average Bonchev–Trinajstić information content (AvgIpc) is 2.29. The van der Waals surface area contributed by atoms with E-state index in [4.69, 9.17) is 0 Å². The summed E-state index contributed by atoms with van der Waals surface area (Å²) in [5, 5.41) is 6.55. The lowest BCUT2D eigenvalue weighted by Gasteiger charge is -2.24. The fourth-order valence-electron chi connectivity index (χ4n) is 1.95. The molecule has 1 aliphatic heterocycles. The number of rotatable bonds is 3.